The normalized spacial score (nSPS) is 19.9. The van der Waals surface area contributed by atoms with Crippen molar-refractivity contribution in [3.8, 4) is 0 Å². The second kappa shape index (κ2) is 5.30. The Kier molecular flexibility index (Phi) is 3.74. The van der Waals surface area contributed by atoms with Crippen molar-refractivity contribution in [3.05, 3.63) is 24.3 Å². The maximum Gasteiger partial charge on any atom is 0.249 e. The SMILES string of the molecule is CC1NC(=O)CCN(c2cccc(N(C)C)c2)C1=O. The van der Waals surface area contributed by atoms with E-state index in [2.05, 4.69) is 5.32 Å². The molecule has 0 aromatic heterocycles. The van der Waals surface area contributed by atoms with Gasteiger partial charge in [-0.3, -0.25) is 9.59 Å². The Balaban J connectivity index is 2.31. The largest absolute Gasteiger partial charge is 0.378 e. The van der Waals surface area contributed by atoms with Gasteiger partial charge in [0.25, 0.3) is 0 Å². The number of nitrogens with zero attached hydrogens (tertiary/aromatic N) is 2. The Hall–Kier alpha value is -2.04. The highest BCUT2D eigenvalue weighted by atomic mass is 16.2. The predicted octanol–water partition coefficient (Wildman–Crippen LogP) is 0.994. The molecule has 1 aliphatic heterocycles. The summed E-state index contributed by atoms with van der Waals surface area (Å²) >= 11 is 0. The van der Waals surface area contributed by atoms with Crippen LogP contribution in [-0.2, 0) is 9.59 Å². The average molecular weight is 261 g/mol. The van der Waals surface area contributed by atoms with E-state index >= 15 is 0 Å². The van der Waals surface area contributed by atoms with Crippen molar-refractivity contribution in [2.45, 2.75) is 19.4 Å². The maximum atomic E-state index is 12.3. The number of hydrogen-bond donors (Lipinski definition) is 1. The molecule has 0 bridgehead atoms. The summed E-state index contributed by atoms with van der Waals surface area (Å²) in [4.78, 5) is 27.4. The Labute approximate surface area is 113 Å². The molecule has 0 saturated carbocycles. The molecular weight excluding hydrogens is 242 g/mol. The van der Waals surface area contributed by atoms with Crippen molar-refractivity contribution in [2.24, 2.45) is 0 Å². The first-order chi connectivity index (χ1) is 8.99. The van der Waals surface area contributed by atoms with Crippen molar-refractivity contribution in [1.82, 2.24) is 5.32 Å². The molecule has 1 unspecified atom stereocenters. The molecule has 0 aliphatic carbocycles. The van der Waals surface area contributed by atoms with Crippen LogP contribution in [0.1, 0.15) is 13.3 Å². The number of benzene rings is 1. The van der Waals surface area contributed by atoms with Gasteiger partial charge in [-0.15, -0.1) is 0 Å². The second-order valence-corrected chi connectivity index (χ2v) is 4.94. The summed E-state index contributed by atoms with van der Waals surface area (Å²) in [5, 5.41) is 2.69. The summed E-state index contributed by atoms with van der Waals surface area (Å²) < 4.78 is 0. The lowest BCUT2D eigenvalue weighted by Gasteiger charge is -2.24. The summed E-state index contributed by atoms with van der Waals surface area (Å²) in [7, 11) is 3.91. The van der Waals surface area contributed by atoms with E-state index in [0.717, 1.165) is 11.4 Å². The van der Waals surface area contributed by atoms with Crippen molar-refractivity contribution < 1.29 is 9.59 Å². The first-order valence-corrected chi connectivity index (χ1v) is 6.37. The number of hydrogen-bond acceptors (Lipinski definition) is 3. The summed E-state index contributed by atoms with van der Waals surface area (Å²) in [6.45, 7) is 2.14. The zero-order valence-electron chi connectivity index (χ0n) is 11.5. The number of nitrogens with one attached hydrogen (secondary N) is 1. The van der Waals surface area contributed by atoms with Gasteiger partial charge in [0.2, 0.25) is 11.8 Å². The Morgan fingerprint density at radius 1 is 1.32 bits per heavy atom. The molecule has 1 aromatic rings. The minimum atomic E-state index is -0.474. The standard InChI is InChI=1S/C14H19N3O2/c1-10-14(19)17(8-7-13(18)15-10)12-6-4-5-11(9-12)16(2)3/h4-6,9-10H,7-8H2,1-3H3,(H,15,18). The maximum absolute atomic E-state index is 12.3. The molecule has 1 aliphatic rings. The van der Waals surface area contributed by atoms with E-state index in [0.29, 0.717) is 13.0 Å². The molecular formula is C14H19N3O2. The third-order valence-electron chi connectivity index (χ3n) is 3.23. The third-order valence-corrected chi connectivity index (χ3v) is 3.23. The smallest absolute Gasteiger partial charge is 0.249 e. The number of carbonyl (C=O) groups is 2. The summed E-state index contributed by atoms with van der Waals surface area (Å²) in [6, 6.07) is 7.29. The van der Waals surface area contributed by atoms with Crippen molar-refractivity contribution in [2.75, 3.05) is 30.4 Å². The first-order valence-electron chi connectivity index (χ1n) is 6.37. The minimum Gasteiger partial charge on any atom is -0.378 e. The summed E-state index contributed by atoms with van der Waals surface area (Å²) in [5.41, 5.74) is 1.86. The molecule has 0 radical (unpaired) electrons. The van der Waals surface area contributed by atoms with E-state index < -0.39 is 6.04 Å². The highest BCUT2D eigenvalue weighted by Gasteiger charge is 2.27. The molecule has 2 rings (SSSR count). The van der Waals surface area contributed by atoms with Gasteiger partial charge in [0.15, 0.2) is 0 Å². The van der Waals surface area contributed by atoms with Gasteiger partial charge in [-0.25, -0.2) is 0 Å². The molecule has 5 nitrogen and oxygen atoms in total. The quantitative estimate of drug-likeness (QED) is 0.864. The van der Waals surface area contributed by atoms with E-state index in [9.17, 15) is 9.59 Å². The van der Waals surface area contributed by atoms with Crippen LogP contribution in [0.3, 0.4) is 0 Å². The Morgan fingerprint density at radius 3 is 2.74 bits per heavy atom. The molecule has 0 spiro atoms. The Morgan fingerprint density at radius 2 is 2.05 bits per heavy atom. The van der Waals surface area contributed by atoms with Crippen LogP contribution in [0.15, 0.2) is 24.3 Å². The molecule has 1 fully saturated rings. The van der Waals surface area contributed by atoms with Gasteiger partial charge in [-0.05, 0) is 25.1 Å². The molecule has 1 heterocycles. The number of rotatable bonds is 2. The zero-order chi connectivity index (χ0) is 14.0. The van der Waals surface area contributed by atoms with Crippen LogP contribution in [0.5, 0.6) is 0 Å². The highest BCUT2D eigenvalue weighted by molar-refractivity contribution is 6.01. The van der Waals surface area contributed by atoms with Gasteiger partial charge < -0.3 is 15.1 Å². The molecule has 1 atom stereocenters. The van der Waals surface area contributed by atoms with Gasteiger partial charge in [0.05, 0.1) is 0 Å². The number of amides is 2. The van der Waals surface area contributed by atoms with Gasteiger partial charge in [-0.1, -0.05) is 6.07 Å². The van der Waals surface area contributed by atoms with Crippen molar-refractivity contribution in [3.63, 3.8) is 0 Å². The molecule has 19 heavy (non-hydrogen) atoms. The van der Waals surface area contributed by atoms with E-state index in [4.69, 9.17) is 0 Å². The lowest BCUT2D eigenvalue weighted by molar-refractivity contribution is -0.125. The monoisotopic (exact) mass is 261 g/mol. The van der Waals surface area contributed by atoms with Gasteiger partial charge in [0.1, 0.15) is 6.04 Å². The molecule has 5 heteroatoms. The lowest BCUT2D eigenvalue weighted by Crippen LogP contribution is -2.42. The van der Waals surface area contributed by atoms with Gasteiger partial charge in [0, 0.05) is 38.4 Å². The highest BCUT2D eigenvalue weighted by Crippen LogP contribution is 2.23. The van der Waals surface area contributed by atoms with Crippen LogP contribution < -0.4 is 15.1 Å². The Bertz CT molecular complexity index is 499. The summed E-state index contributed by atoms with van der Waals surface area (Å²) in [5.74, 6) is -0.145. The molecule has 1 saturated heterocycles. The van der Waals surface area contributed by atoms with E-state index in [1.807, 2.05) is 43.3 Å². The topological polar surface area (TPSA) is 52.7 Å². The molecule has 2 amide bonds. The van der Waals surface area contributed by atoms with E-state index in [-0.39, 0.29) is 11.8 Å². The van der Waals surface area contributed by atoms with Crippen LogP contribution >= 0.6 is 0 Å². The van der Waals surface area contributed by atoms with Crippen molar-refractivity contribution >= 4 is 23.2 Å². The number of anilines is 2. The molecule has 1 N–H and O–H groups in total. The molecule has 102 valence electrons. The fraction of sp³-hybridized carbons (Fsp3) is 0.429. The van der Waals surface area contributed by atoms with Crippen molar-refractivity contribution in [1.29, 1.82) is 0 Å². The fourth-order valence-corrected chi connectivity index (χ4v) is 2.13. The third kappa shape index (κ3) is 2.86. The fourth-order valence-electron chi connectivity index (χ4n) is 2.13. The van der Waals surface area contributed by atoms with Crippen LogP contribution in [0.2, 0.25) is 0 Å². The predicted molar refractivity (Wildman–Crippen MR) is 75.3 cm³/mol. The summed E-state index contributed by atoms with van der Waals surface area (Å²) in [6.07, 6.45) is 0.336. The van der Waals surface area contributed by atoms with Crippen LogP contribution in [0.25, 0.3) is 0 Å². The van der Waals surface area contributed by atoms with Gasteiger partial charge >= 0.3 is 0 Å². The van der Waals surface area contributed by atoms with E-state index in [1.54, 1.807) is 11.8 Å². The van der Waals surface area contributed by atoms with Gasteiger partial charge in [-0.2, -0.15) is 0 Å². The number of carbonyl (C=O) groups excluding carboxylic acids is 2. The second-order valence-electron chi connectivity index (χ2n) is 4.94. The van der Waals surface area contributed by atoms with Crippen LogP contribution in [0.4, 0.5) is 11.4 Å². The van der Waals surface area contributed by atoms with E-state index in [1.165, 1.54) is 0 Å². The minimum absolute atomic E-state index is 0.0678. The van der Waals surface area contributed by atoms with Crippen LogP contribution in [0, 0.1) is 0 Å². The lowest BCUT2D eigenvalue weighted by atomic mass is 10.2. The zero-order valence-corrected chi connectivity index (χ0v) is 11.5. The average Bonchev–Trinajstić information content (AvgIpc) is 2.50. The molecule has 1 aromatic carbocycles. The first kappa shape index (κ1) is 13.4. The van der Waals surface area contributed by atoms with Crippen LogP contribution in [-0.4, -0.2) is 38.5 Å².